The normalized spacial score (nSPS) is 17.2. The molecule has 0 saturated carbocycles. The van der Waals surface area contributed by atoms with Crippen molar-refractivity contribution in [3.8, 4) is 0 Å². The summed E-state index contributed by atoms with van der Waals surface area (Å²) in [6, 6.07) is 8.25. The summed E-state index contributed by atoms with van der Waals surface area (Å²) in [5, 5.41) is 3.40. The monoisotopic (exact) mass is 406 g/mol. The average Bonchev–Trinajstić information content (AvgIpc) is 2.75. The van der Waals surface area contributed by atoms with E-state index in [1.165, 1.54) is 5.56 Å². The second-order valence-corrected chi connectivity index (χ2v) is 6.59. The first-order valence-electron chi connectivity index (χ1n) is 9.60. The highest BCUT2D eigenvalue weighted by molar-refractivity contribution is 5.85. The Hall–Kier alpha value is -2.16. The first-order chi connectivity index (χ1) is 13.3. The molecule has 2 aromatic rings. The number of morpholine rings is 2. The molecule has 2 fully saturated rings. The third-order valence-corrected chi connectivity index (χ3v) is 4.84. The van der Waals surface area contributed by atoms with Gasteiger partial charge in [0.2, 0.25) is 17.8 Å². The molecular weight excluding hydrogens is 380 g/mol. The molecule has 0 atom stereocenters. The van der Waals surface area contributed by atoms with Gasteiger partial charge in [0.25, 0.3) is 0 Å². The first-order valence-corrected chi connectivity index (χ1v) is 9.60. The summed E-state index contributed by atoms with van der Waals surface area (Å²) in [6.07, 6.45) is 0.945. The maximum Gasteiger partial charge on any atom is 0.233 e. The number of nitrogens with zero attached hydrogens (tertiary/aromatic N) is 5. The third kappa shape index (κ3) is 4.81. The number of halogens is 1. The fourth-order valence-corrected chi connectivity index (χ4v) is 3.29. The SMILES string of the molecule is CCc1ccccc1Nc1nc(N2CCOCC2)nc(N2CCOCC2)n1.Cl. The highest BCUT2D eigenvalue weighted by Gasteiger charge is 2.21. The van der Waals surface area contributed by atoms with Gasteiger partial charge in [0.15, 0.2) is 0 Å². The number of hydrogen-bond donors (Lipinski definition) is 1. The number of aromatic nitrogens is 3. The number of benzene rings is 1. The van der Waals surface area contributed by atoms with Crippen LogP contribution >= 0.6 is 12.4 Å². The Bertz CT molecular complexity index is 730. The van der Waals surface area contributed by atoms with Crippen LogP contribution in [0.5, 0.6) is 0 Å². The molecule has 0 amide bonds. The number of hydrogen-bond acceptors (Lipinski definition) is 8. The maximum atomic E-state index is 5.47. The van der Waals surface area contributed by atoms with Crippen LogP contribution in [0.15, 0.2) is 24.3 Å². The summed E-state index contributed by atoms with van der Waals surface area (Å²) in [5.41, 5.74) is 2.27. The number of ether oxygens (including phenoxy) is 2. The van der Waals surface area contributed by atoms with Gasteiger partial charge >= 0.3 is 0 Å². The smallest absolute Gasteiger partial charge is 0.233 e. The van der Waals surface area contributed by atoms with Gasteiger partial charge in [-0.15, -0.1) is 12.4 Å². The van der Waals surface area contributed by atoms with Crippen molar-refractivity contribution in [2.24, 2.45) is 0 Å². The molecule has 8 nitrogen and oxygen atoms in total. The Balaban J connectivity index is 0.00000225. The summed E-state index contributed by atoms with van der Waals surface area (Å²) >= 11 is 0. The molecule has 0 unspecified atom stereocenters. The Morgan fingerprint density at radius 3 is 1.93 bits per heavy atom. The Morgan fingerprint density at radius 1 is 0.857 bits per heavy atom. The van der Waals surface area contributed by atoms with Gasteiger partial charge in [0, 0.05) is 31.9 Å². The van der Waals surface area contributed by atoms with E-state index in [2.05, 4.69) is 40.2 Å². The van der Waals surface area contributed by atoms with E-state index in [0.29, 0.717) is 44.3 Å². The minimum Gasteiger partial charge on any atom is -0.378 e. The van der Waals surface area contributed by atoms with Crippen LogP contribution in [0.2, 0.25) is 0 Å². The fourth-order valence-electron chi connectivity index (χ4n) is 3.29. The molecule has 0 aliphatic carbocycles. The van der Waals surface area contributed by atoms with Gasteiger partial charge in [0.05, 0.1) is 26.4 Å². The third-order valence-electron chi connectivity index (χ3n) is 4.84. The van der Waals surface area contributed by atoms with Gasteiger partial charge in [-0.05, 0) is 18.1 Å². The molecule has 3 heterocycles. The first kappa shape index (κ1) is 20.6. The lowest BCUT2D eigenvalue weighted by Crippen LogP contribution is -2.40. The van der Waals surface area contributed by atoms with Gasteiger partial charge in [-0.2, -0.15) is 15.0 Å². The van der Waals surface area contributed by atoms with Crippen LogP contribution < -0.4 is 15.1 Å². The van der Waals surface area contributed by atoms with E-state index in [1.54, 1.807) is 0 Å². The van der Waals surface area contributed by atoms with Gasteiger partial charge in [0.1, 0.15) is 0 Å². The quantitative estimate of drug-likeness (QED) is 0.810. The molecule has 9 heteroatoms. The lowest BCUT2D eigenvalue weighted by atomic mass is 10.1. The average molecular weight is 407 g/mol. The van der Waals surface area contributed by atoms with Crippen LogP contribution in [-0.4, -0.2) is 67.6 Å². The minimum absolute atomic E-state index is 0. The fraction of sp³-hybridized carbons (Fsp3) is 0.526. The van der Waals surface area contributed by atoms with Crippen molar-refractivity contribution in [3.05, 3.63) is 29.8 Å². The highest BCUT2D eigenvalue weighted by Crippen LogP contribution is 2.23. The van der Waals surface area contributed by atoms with Crippen LogP contribution in [0.1, 0.15) is 12.5 Å². The van der Waals surface area contributed by atoms with Crippen molar-refractivity contribution in [1.82, 2.24) is 15.0 Å². The zero-order valence-corrected chi connectivity index (χ0v) is 17.0. The zero-order valence-electron chi connectivity index (χ0n) is 16.1. The van der Waals surface area contributed by atoms with E-state index in [-0.39, 0.29) is 12.4 Å². The van der Waals surface area contributed by atoms with Crippen molar-refractivity contribution < 1.29 is 9.47 Å². The van der Waals surface area contributed by atoms with Crippen molar-refractivity contribution >= 4 is 35.9 Å². The van der Waals surface area contributed by atoms with Crippen molar-refractivity contribution in [2.75, 3.05) is 67.7 Å². The summed E-state index contributed by atoms with van der Waals surface area (Å²) in [4.78, 5) is 18.5. The molecule has 1 aromatic heterocycles. The van der Waals surface area contributed by atoms with E-state index in [4.69, 9.17) is 24.4 Å². The highest BCUT2D eigenvalue weighted by atomic mass is 35.5. The van der Waals surface area contributed by atoms with Gasteiger partial charge in [-0.3, -0.25) is 0 Å². The molecule has 28 heavy (non-hydrogen) atoms. The van der Waals surface area contributed by atoms with Crippen LogP contribution in [0.4, 0.5) is 23.5 Å². The van der Waals surface area contributed by atoms with E-state index in [9.17, 15) is 0 Å². The van der Waals surface area contributed by atoms with E-state index in [1.807, 2.05) is 6.07 Å². The molecule has 152 valence electrons. The Kier molecular flexibility index (Phi) is 7.24. The summed E-state index contributed by atoms with van der Waals surface area (Å²) in [6.45, 7) is 8.08. The van der Waals surface area contributed by atoms with Crippen LogP contribution in [0, 0.1) is 0 Å². The number of aryl methyl sites for hydroxylation is 1. The molecule has 0 spiro atoms. The molecule has 2 aliphatic rings. The topological polar surface area (TPSA) is 75.6 Å². The van der Waals surface area contributed by atoms with Crippen LogP contribution in [0.3, 0.4) is 0 Å². The number of nitrogens with one attached hydrogen (secondary N) is 1. The van der Waals surface area contributed by atoms with Crippen LogP contribution in [-0.2, 0) is 15.9 Å². The molecule has 1 N–H and O–H groups in total. The van der Waals surface area contributed by atoms with E-state index in [0.717, 1.165) is 38.3 Å². The Morgan fingerprint density at radius 2 is 1.39 bits per heavy atom. The molecule has 2 saturated heterocycles. The lowest BCUT2D eigenvalue weighted by molar-refractivity contribution is 0.121. The van der Waals surface area contributed by atoms with E-state index < -0.39 is 0 Å². The van der Waals surface area contributed by atoms with E-state index >= 15 is 0 Å². The second kappa shape index (κ2) is 9.86. The maximum absolute atomic E-state index is 5.47. The van der Waals surface area contributed by atoms with Gasteiger partial charge < -0.3 is 24.6 Å². The molecule has 1 aromatic carbocycles. The minimum atomic E-state index is 0. The van der Waals surface area contributed by atoms with Crippen molar-refractivity contribution in [2.45, 2.75) is 13.3 Å². The summed E-state index contributed by atoms with van der Waals surface area (Å²) < 4.78 is 10.9. The predicted octanol–water partition coefficient (Wildman–Crippen LogP) is 2.27. The predicted molar refractivity (Wildman–Crippen MR) is 112 cm³/mol. The van der Waals surface area contributed by atoms with Crippen molar-refractivity contribution in [3.63, 3.8) is 0 Å². The molecule has 0 radical (unpaired) electrons. The second-order valence-electron chi connectivity index (χ2n) is 6.59. The summed E-state index contributed by atoms with van der Waals surface area (Å²) in [5.74, 6) is 1.98. The lowest BCUT2D eigenvalue weighted by Gasteiger charge is -2.30. The van der Waals surface area contributed by atoms with Crippen molar-refractivity contribution in [1.29, 1.82) is 0 Å². The number of para-hydroxylation sites is 1. The van der Waals surface area contributed by atoms with Gasteiger partial charge in [-0.25, -0.2) is 0 Å². The molecular formula is C19H27ClN6O2. The zero-order chi connectivity index (χ0) is 18.5. The standard InChI is InChI=1S/C19H26N6O2.ClH/c1-2-15-5-3-4-6-16(15)20-17-21-18(24-7-11-26-12-8-24)23-19(22-17)25-9-13-27-14-10-25;/h3-6H,2,7-14H2,1H3,(H,20,21,22,23);1H. The van der Waals surface area contributed by atoms with Crippen LogP contribution in [0.25, 0.3) is 0 Å². The van der Waals surface area contributed by atoms with Gasteiger partial charge in [-0.1, -0.05) is 25.1 Å². The largest absolute Gasteiger partial charge is 0.378 e. The Labute approximate surface area is 171 Å². The molecule has 2 aliphatic heterocycles. The molecule has 4 rings (SSSR count). The molecule has 0 bridgehead atoms. The summed E-state index contributed by atoms with van der Waals surface area (Å²) in [7, 11) is 0. The number of rotatable bonds is 5. The number of anilines is 4.